The average Bonchev–Trinajstić information content (AvgIpc) is 2.34. The van der Waals surface area contributed by atoms with Gasteiger partial charge < -0.3 is 15.5 Å². The normalized spacial score (nSPS) is 15.3. The Labute approximate surface area is 107 Å². The van der Waals surface area contributed by atoms with E-state index in [0.717, 1.165) is 6.07 Å². The zero-order valence-electron chi connectivity index (χ0n) is 10.2. The zero-order chi connectivity index (χ0) is 14.6. The molecular formula is C12H15F4NO2. The van der Waals surface area contributed by atoms with Crippen LogP contribution < -0.4 is 5.32 Å². The second kappa shape index (κ2) is 6.31. The van der Waals surface area contributed by atoms with E-state index in [1.807, 2.05) is 0 Å². The summed E-state index contributed by atoms with van der Waals surface area (Å²) in [6.45, 7) is 0.394. The van der Waals surface area contributed by atoms with E-state index in [9.17, 15) is 27.8 Å². The van der Waals surface area contributed by atoms with Gasteiger partial charge in [0.2, 0.25) is 0 Å². The number of nitrogens with one attached hydrogen (secondary N) is 1. The molecule has 108 valence electrons. The Bertz CT molecular complexity index is 423. The highest BCUT2D eigenvalue weighted by molar-refractivity contribution is 5.29. The SMILES string of the molecule is CNCCC(O)C(O)c1ccc(F)c(C(F)(F)F)c1. The number of alkyl halides is 3. The summed E-state index contributed by atoms with van der Waals surface area (Å²) in [6, 6.07) is 2.17. The van der Waals surface area contributed by atoms with Crippen LogP contribution in [0.2, 0.25) is 0 Å². The Balaban J connectivity index is 2.95. The van der Waals surface area contributed by atoms with Gasteiger partial charge in [-0.1, -0.05) is 6.07 Å². The highest BCUT2D eigenvalue weighted by atomic mass is 19.4. The van der Waals surface area contributed by atoms with Crippen LogP contribution in [-0.2, 0) is 6.18 Å². The van der Waals surface area contributed by atoms with Gasteiger partial charge in [0.05, 0.1) is 11.7 Å². The van der Waals surface area contributed by atoms with Crippen molar-refractivity contribution >= 4 is 0 Å². The zero-order valence-corrected chi connectivity index (χ0v) is 10.2. The Morgan fingerprint density at radius 1 is 1.26 bits per heavy atom. The van der Waals surface area contributed by atoms with Crippen LogP contribution in [0.15, 0.2) is 18.2 Å². The molecule has 1 rings (SSSR count). The van der Waals surface area contributed by atoms with Crippen LogP contribution in [0, 0.1) is 5.82 Å². The summed E-state index contributed by atoms with van der Waals surface area (Å²) in [7, 11) is 1.64. The molecule has 0 aliphatic rings. The molecule has 0 aromatic heterocycles. The lowest BCUT2D eigenvalue weighted by molar-refractivity contribution is -0.140. The number of hydrogen-bond acceptors (Lipinski definition) is 3. The van der Waals surface area contributed by atoms with Gasteiger partial charge in [0.1, 0.15) is 11.9 Å². The van der Waals surface area contributed by atoms with Crippen molar-refractivity contribution in [2.75, 3.05) is 13.6 Å². The van der Waals surface area contributed by atoms with Crippen molar-refractivity contribution in [3.05, 3.63) is 35.1 Å². The molecule has 7 heteroatoms. The molecule has 0 saturated carbocycles. The molecule has 0 heterocycles. The van der Waals surface area contributed by atoms with Gasteiger partial charge in [-0.15, -0.1) is 0 Å². The molecule has 0 spiro atoms. The topological polar surface area (TPSA) is 52.5 Å². The van der Waals surface area contributed by atoms with Gasteiger partial charge in [-0.25, -0.2) is 4.39 Å². The molecule has 1 aromatic rings. The maximum Gasteiger partial charge on any atom is 0.419 e. The molecule has 3 nitrogen and oxygen atoms in total. The summed E-state index contributed by atoms with van der Waals surface area (Å²) < 4.78 is 50.6. The highest BCUT2D eigenvalue weighted by Gasteiger charge is 2.35. The van der Waals surface area contributed by atoms with E-state index < -0.39 is 29.8 Å². The predicted molar refractivity (Wildman–Crippen MR) is 60.9 cm³/mol. The van der Waals surface area contributed by atoms with Crippen LogP contribution in [0.5, 0.6) is 0 Å². The smallest absolute Gasteiger partial charge is 0.390 e. The minimum atomic E-state index is -4.84. The van der Waals surface area contributed by atoms with Crippen molar-refractivity contribution in [1.82, 2.24) is 5.32 Å². The quantitative estimate of drug-likeness (QED) is 0.722. The summed E-state index contributed by atoms with van der Waals surface area (Å²) in [4.78, 5) is 0. The van der Waals surface area contributed by atoms with Gasteiger partial charge in [0.15, 0.2) is 0 Å². The van der Waals surface area contributed by atoms with Gasteiger partial charge in [-0.2, -0.15) is 13.2 Å². The molecule has 0 aliphatic heterocycles. The summed E-state index contributed by atoms with van der Waals surface area (Å²) >= 11 is 0. The third-order valence-electron chi connectivity index (χ3n) is 2.69. The largest absolute Gasteiger partial charge is 0.419 e. The van der Waals surface area contributed by atoms with E-state index in [1.165, 1.54) is 0 Å². The van der Waals surface area contributed by atoms with Gasteiger partial charge >= 0.3 is 6.18 Å². The molecule has 0 fully saturated rings. The lowest BCUT2D eigenvalue weighted by atomic mass is 9.99. The Morgan fingerprint density at radius 2 is 1.89 bits per heavy atom. The van der Waals surface area contributed by atoms with E-state index >= 15 is 0 Å². The van der Waals surface area contributed by atoms with Crippen LogP contribution in [0.1, 0.15) is 23.7 Å². The summed E-state index contributed by atoms with van der Waals surface area (Å²) in [5.74, 6) is -1.41. The number of rotatable bonds is 5. The second-order valence-corrected chi connectivity index (χ2v) is 4.14. The van der Waals surface area contributed by atoms with Crippen molar-refractivity contribution in [2.24, 2.45) is 0 Å². The van der Waals surface area contributed by atoms with Gasteiger partial charge in [0, 0.05) is 0 Å². The first-order chi connectivity index (χ1) is 8.77. The second-order valence-electron chi connectivity index (χ2n) is 4.14. The highest BCUT2D eigenvalue weighted by Crippen LogP contribution is 2.33. The standard InChI is InChI=1S/C12H15F4NO2/c1-17-5-4-10(18)11(19)7-2-3-9(13)8(6-7)12(14,15)16/h2-3,6,10-11,17-19H,4-5H2,1H3. The van der Waals surface area contributed by atoms with Gasteiger partial charge in [-0.05, 0) is 37.7 Å². The molecule has 3 N–H and O–H groups in total. The predicted octanol–water partition coefficient (Wildman–Crippen LogP) is 1.85. The van der Waals surface area contributed by atoms with E-state index in [1.54, 1.807) is 7.05 Å². The molecular weight excluding hydrogens is 266 g/mol. The fraction of sp³-hybridized carbons (Fsp3) is 0.500. The lowest BCUT2D eigenvalue weighted by Gasteiger charge is -2.19. The van der Waals surface area contributed by atoms with E-state index in [0.29, 0.717) is 18.7 Å². The average molecular weight is 281 g/mol. The van der Waals surface area contributed by atoms with Crippen LogP contribution in [0.3, 0.4) is 0 Å². The first-order valence-electron chi connectivity index (χ1n) is 5.64. The molecule has 0 aliphatic carbocycles. The van der Waals surface area contributed by atoms with Crippen LogP contribution in [-0.4, -0.2) is 29.9 Å². The Morgan fingerprint density at radius 3 is 2.42 bits per heavy atom. The van der Waals surface area contributed by atoms with Crippen molar-refractivity contribution in [1.29, 1.82) is 0 Å². The van der Waals surface area contributed by atoms with Crippen molar-refractivity contribution in [3.8, 4) is 0 Å². The third kappa shape index (κ3) is 4.15. The third-order valence-corrected chi connectivity index (χ3v) is 2.69. The van der Waals surface area contributed by atoms with Gasteiger partial charge in [-0.3, -0.25) is 0 Å². The molecule has 1 aromatic carbocycles. The molecule has 0 saturated heterocycles. The monoisotopic (exact) mass is 281 g/mol. The maximum absolute atomic E-state index is 13.1. The Kier molecular flexibility index (Phi) is 5.28. The first kappa shape index (κ1) is 15.9. The number of aliphatic hydroxyl groups excluding tert-OH is 2. The molecule has 0 radical (unpaired) electrons. The summed E-state index contributed by atoms with van der Waals surface area (Å²) in [6.07, 6.45) is -7.39. The first-order valence-corrected chi connectivity index (χ1v) is 5.64. The number of benzene rings is 1. The fourth-order valence-corrected chi connectivity index (χ4v) is 1.62. The van der Waals surface area contributed by atoms with Crippen molar-refractivity contribution in [3.63, 3.8) is 0 Å². The Hall–Kier alpha value is -1.18. The molecule has 2 unspecified atom stereocenters. The van der Waals surface area contributed by atoms with Crippen molar-refractivity contribution in [2.45, 2.75) is 24.8 Å². The van der Waals surface area contributed by atoms with Crippen LogP contribution >= 0.6 is 0 Å². The van der Waals surface area contributed by atoms with E-state index in [2.05, 4.69) is 5.32 Å². The van der Waals surface area contributed by atoms with E-state index in [4.69, 9.17) is 0 Å². The minimum Gasteiger partial charge on any atom is -0.390 e. The lowest BCUT2D eigenvalue weighted by Crippen LogP contribution is -2.23. The molecule has 0 amide bonds. The minimum absolute atomic E-state index is 0.163. The number of aliphatic hydroxyl groups is 2. The van der Waals surface area contributed by atoms with E-state index in [-0.39, 0.29) is 12.0 Å². The molecule has 0 bridgehead atoms. The summed E-state index contributed by atoms with van der Waals surface area (Å²) in [5.41, 5.74) is -1.62. The van der Waals surface area contributed by atoms with Gasteiger partial charge in [0.25, 0.3) is 0 Å². The summed E-state index contributed by atoms with van der Waals surface area (Å²) in [5, 5.41) is 22.1. The maximum atomic E-state index is 13.1. The fourth-order valence-electron chi connectivity index (χ4n) is 1.62. The number of hydrogen-bond donors (Lipinski definition) is 3. The van der Waals surface area contributed by atoms with Crippen molar-refractivity contribution < 1.29 is 27.8 Å². The van der Waals surface area contributed by atoms with Crippen LogP contribution in [0.25, 0.3) is 0 Å². The van der Waals surface area contributed by atoms with Crippen LogP contribution in [0.4, 0.5) is 17.6 Å². The number of halogens is 4. The molecule has 2 atom stereocenters. The molecule has 19 heavy (non-hydrogen) atoms.